The van der Waals surface area contributed by atoms with Gasteiger partial charge in [0.15, 0.2) is 0 Å². The lowest BCUT2D eigenvalue weighted by atomic mass is 9.96. The van der Waals surface area contributed by atoms with Gasteiger partial charge >= 0.3 is 12.1 Å². The van der Waals surface area contributed by atoms with Gasteiger partial charge in [-0.3, -0.25) is 9.59 Å². The molecule has 0 saturated carbocycles. The highest BCUT2D eigenvalue weighted by Crippen LogP contribution is 2.39. The Morgan fingerprint density at radius 1 is 0.820 bits per heavy atom. The summed E-state index contributed by atoms with van der Waals surface area (Å²) in [6.07, 6.45) is 2.10. The van der Waals surface area contributed by atoms with Crippen LogP contribution >= 0.6 is 0 Å². The maximum Gasteiger partial charge on any atom is 0.410 e. The summed E-state index contributed by atoms with van der Waals surface area (Å²) < 4.78 is 12.2. The van der Waals surface area contributed by atoms with Crippen molar-refractivity contribution in [3.05, 3.63) is 102 Å². The lowest BCUT2D eigenvalue weighted by molar-refractivity contribution is -0.144. The quantitative estimate of drug-likeness (QED) is 0.195. The number of hydrogen-bond acceptors (Lipinski definition) is 8. The molecule has 0 spiro atoms. The van der Waals surface area contributed by atoms with Crippen LogP contribution in [0.25, 0.3) is 16.9 Å². The average molecular weight is 677 g/mol. The van der Waals surface area contributed by atoms with Crippen LogP contribution in [0.1, 0.15) is 62.8 Å². The van der Waals surface area contributed by atoms with Crippen LogP contribution in [0.15, 0.2) is 90.2 Å². The van der Waals surface area contributed by atoms with Crippen molar-refractivity contribution in [2.24, 2.45) is 5.10 Å². The monoisotopic (exact) mass is 676 g/mol. The fraction of sp³-hybridized carbons (Fsp3) is 0.359. The Morgan fingerprint density at radius 2 is 1.48 bits per heavy atom. The number of para-hydroxylation sites is 1. The van der Waals surface area contributed by atoms with Crippen LogP contribution in [-0.2, 0) is 19.1 Å². The van der Waals surface area contributed by atoms with Crippen molar-refractivity contribution in [1.29, 1.82) is 0 Å². The Bertz CT molecular complexity index is 1850. The molecule has 4 aromatic rings. The molecule has 6 rings (SSSR count). The molecule has 3 heterocycles. The molecule has 1 aromatic heterocycles. The molecule has 0 bridgehead atoms. The van der Waals surface area contributed by atoms with Crippen molar-refractivity contribution in [3.63, 3.8) is 0 Å². The van der Waals surface area contributed by atoms with E-state index in [0.29, 0.717) is 32.6 Å². The number of amides is 2. The molecule has 260 valence electrons. The SMILES string of the molecule is COC(=O)CCC(=O)N1N=C(c2ccc(N3CCN(C(=O)OC(C)(C)C)CC3)cc2)CC1c1cn(-c2ccccc2)nc1-c1ccc(C)cc1. The van der Waals surface area contributed by atoms with E-state index in [-0.39, 0.29) is 24.8 Å². The molecule has 11 heteroatoms. The highest BCUT2D eigenvalue weighted by Gasteiger charge is 2.36. The summed E-state index contributed by atoms with van der Waals surface area (Å²) in [5, 5.41) is 11.4. The number of aromatic nitrogens is 2. The predicted octanol–water partition coefficient (Wildman–Crippen LogP) is 6.54. The van der Waals surface area contributed by atoms with Gasteiger partial charge in [-0.25, -0.2) is 14.5 Å². The summed E-state index contributed by atoms with van der Waals surface area (Å²) >= 11 is 0. The Kier molecular flexibility index (Phi) is 10.0. The fourth-order valence-electron chi connectivity index (χ4n) is 6.20. The molecule has 1 unspecified atom stereocenters. The average Bonchev–Trinajstić information content (AvgIpc) is 3.76. The zero-order valence-electron chi connectivity index (χ0n) is 29.3. The largest absolute Gasteiger partial charge is 0.469 e. The van der Waals surface area contributed by atoms with E-state index in [4.69, 9.17) is 19.7 Å². The summed E-state index contributed by atoms with van der Waals surface area (Å²) in [6, 6.07) is 25.8. The number of piperazine rings is 1. The molecule has 2 aliphatic rings. The lowest BCUT2D eigenvalue weighted by Crippen LogP contribution is -2.50. The predicted molar refractivity (Wildman–Crippen MR) is 192 cm³/mol. The van der Waals surface area contributed by atoms with Crippen LogP contribution in [0.4, 0.5) is 10.5 Å². The highest BCUT2D eigenvalue weighted by molar-refractivity contribution is 6.03. The Hall–Kier alpha value is -5.45. The summed E-state index contributed by atoms with van der Waals surface area (Å²) in [5.41, 5.74) is 6.79. The minimum atomic E-state index is -0.530. The van der Waals surface area contributed by atoms with Crippen LogP contribution in [0.5, 0.6) is 0 Å². The molecule has 50 heavy (non-hydrogen) atoms. The van der Waals surface area contributed by atoms with E-state index < -0.39 is 17.6 Å². The number of anilines is 1. The fourth-order valence-corrected chi connectivity index (χ4v) is 6.20. The zero-order chi connectivity index (χ0) is 35.4. The normalized spacial score (nSPS) is 16.3. The van der Waals surface area contributed by atoms with Crippen LogP contribution in [0.2, 0.25) is 0 Å². The first-order chi connectivity index (χ1) is 24.0. The Labute approximate surface area is 293 Å². The minimum absolute atomic E-state index is 0.0269. The number of carbonyl (C=O) groups excluding carboxylic acids is 3. The van der Waals surface area contributed by atoms with Gasteiger partial charge in [0.2, 0.25) is 5.91 Å². The van der Waals surface area contributed by atoms with Gasteiger partial charge in [-0.1, -0.05) is 60.2 Å². The third-order valence-electron chi connectivity index (χ3n) is 8.88. The van der Waals surface area contributed by atoms with Crippen molar-refractivity contribution in [2.75, 3.05) is 38.2 Å². The van der Waals surface area contributed by atoms with Crippen LogP contribution in [0, 0.1) is 6.92 Å². The second-order valence-corrected chi connectivity index (χ2v) is 13.7. The van der Waals surface area contributed by atoms with Gasteiger partial charge < -0.3 is 19.3 Å². The van der Waals surface area contributed by atoms with Gasteiger partial charge in [0.05, 0.1) is 36.7 Å². The van der Waals surface area contributed by atoms with Gasteiger partial charge in [-0.15, -0.1) is 0 Å². The van der Waals surface area contributed by atoms with Crippen molar-refractivity contribution in [3.8, 4) is 16.9 Å². The van der Waals surface area contributed by atoms with Crippen LogP contribution < -0.4 is 4.90 Å². The van der Waals surface area contributed by atoms with E-state index >= 15 is 0 Å². The number of hydrogen-bond donors (Lipinski definition) is 0. The molecule has 0 aliphatic carbocycles. The third-order valence-corrected chi connectivity index (χ3v) is 8.88. The second kappa shape index (κ2) is 14.6. The third kappa shape index (κ3) is 7.88. The number of carbonyl (C=O) groups is 3. The van der Waals surface area contributed by atoms with Gasteiger partial charge in [-0.05, 0) is 57.5 Å². The molecule has 11 nitrogen and oxygen atoms in total. The summed E-state index contributed by atoms with van der Waals surface area (Å²) in [7, 11) is 1.32. The number of esters is 1. The van der Waals surface area contributed by atoms with E-state index in [1.807, 2.05) is 93.2 Å². The first-order valence-electron chi connectivity index (χ1n) is 17.0. The van der Waals surface area contributed by atoms with Crippen molar-refractivity contribution >= 4 is 29.4 Å². The van der Waals surface area contributed by atoms with Crippen molar-refractivity contribution < 1.29 is 23.9 Å². The molecule has 3 aromatic carbocycles. The van der Waals surface area contributed by atoms with E-state index in [2.05, 4.69) is 29.2 Å². The van der Waals surface area contributed by atoms with E-state index in [1.165, 1.54) is 12.1 Å². The lowest BCUT2D eigenvalue weighted by Gasteiger charge is -2.36. The van der Waals surface area contributed by atoms with Gasteiger partial charge in [0.1, 0.15) is 5.60 Å². The number of hydrazone groups is 1. The second-order valence-electron chi connectivity index (χ2n) is 13.7. The van der Waals surface area contributed by atoms with E-state index in [1.54, 1.807) is 4.90 Å². The van der Waals surface area contributed by atoms with E-state index in [0.717, 1.165) is 45.0 Å². The first-order valence-corrected chi connectivity index (χ1v) is 17.0. The maximum absolute atomic E-state index is 13.7. The molecule has 1 fully saturated rings. The van der Waals surface area contributed by atoms with Crippen molar-refractivity contribution in [2.45, 2.75) is 58.6 Å². The molecule has 1 saturated heterocycles. The molecular formula is C39H44N6O5. The minimum Gasteiger partial charge on any atom is -0.469 e. The molecule has 1 atom stereocenters. The molecule has 2 aliphatic heterocycles. The van der Waals surface area contributed by atoms with Gasteiger partial charge in [0, 0.05) is 62.0 Å². The number of aryl methyl sites for hydroxylation is 1. The number of rotatable bonds is 8. The van der Waals surface area contributed by atoms with Crippen LogP contribution in [0.3, 0.4) is 0 Å². The summed E-state index contributed by atoms with van der Waals surface area (Å²) in [5.74, 6) is -0.713. The van der Waals surface area contributed by atoms with E-state index in [9.17, 15) is 14.4 Å². The zero-order valence-corrected chi connectivity index (χ0v) is 29.3. The molecule has 2 amide bonds. The van der Waals surface area contributed by atoms with Gasteiger partial charge in [-0.2, -0.15) is 10.2 Å². The first kappa shape index (κ1) is 34.4. The smallest absolute Gasteiger partial charge is 0.410 e. The molecule has 0 N–H and O–H groups in total. The number of nitrogens with zero attached hydrogens (tertiary/aromatic N) is 6. The number of methoxy groups -OCH3 is 1. The summed E-state index contributed by atoms with van der Waals surface area (Å²) in [6.45, 7) is 10.2. The topological polar surface area (TPSA) is 110 Å². The highest BCUT2D eigenvalue weighted by atomic mass is 16.6. The van der Waals surface area contributed by atoms with Gasteiger partial charge in [0.25, 0.3) is 0 Å². The maximum atomic E-state index is 13.7. The summed E-state index contributed by atoms with van der Waals surface area (Å²) in [4.78, 5) is 42.3. The Balaban J connectivity index is 1.27. The number of ether oxygens (including phenoxy) is 2. The Morgan fingerprint density at radius 3 is 2.12 bits per heavy atom. The number of benzene rings is 3. The van der Waals surface area contributed by atoms with Crippen molar-refractivity contribution in [1.82, 2.24) is 19.7 Å². The molecular weight excluding hydrogens is 632 g/mol. The molecule has 0 radical (unpaired) electrons. The standard InChI is InChI=1S/C39H44N6O5/c1-27-11-13-29(14-12-27)37-32(26-44(41-37)31-9-7-6-8-10-31)34-25-33(40-45(34)35(46)19-20-36(47)49-5)28-15-17-30(18-16-28)42-21-23-43(24-22-42)38(48)50-39(2,3)4/h6-18,26,34H,19-25H2,1-5H3. The van der Waals surface area contributed by atoms with Crippen LogP contribution in [-0.4, -0.2) is 82.3 Å².